The van der Waals surface area contributed by atoms with Gasteiger partial charge in [-0.1, -0.05) is 30.3 Å². The third kappa shape index (κ3) is 5.14. The number of rotatable bonds is 7. The molecule has 4 rings (SSSR count). The highest BCUT2D eigenvalue weighted by atomic mass is 16.5. The number of hydrogen-bond acceptors (Lipinski definition) is 4. The Bertz CT molecular complexity index is 1100. The van der Waals surface area contributed by atoms with E-state index in [9.17, 15) is 9.59 Å². The summed E-state index contributed by atoms with van der Waals surface area (Å²) in [6.45, 7) is 2.08. The van der Waals surface area contributed by atoms with E-state index < -0.39 is 6.10 Å². The van der Waals surface area contributed by atoms with Crippen LogP contribution in [-0.2, 0) is 24.2 Å². The maximum atomic E-state index is 12.9. The molecule has 0 saturated carbocycles. The summed E-state index contributed by atoms with van der Waals surface area (Å²) in [5.41, 5.74) is 4.25. The highest BCUT2D eigenvalue weighted by Crippen LogP contribution is 2.30. The number of pyridine rings is 1. The molecule has 0 unspecified atom stereocenters. The predicted octanol–water partition coefficient (Wildman–Crippen LogP) is 4.30. The first-order valence-electron chi connectivity index (χ1n) is 11.0. The first-order chi connectivity index (χ1) is 15.6. The number of carbonyl (C=O) groups excluding carboxylic acids is 2. The molecule has 32 heavy (non-hydrogen) atoms. The number of aromatic nitrogens is 1. The standard InChI is InChI=1S/C26H27N3O3/c1-18(32-24-14-6-10-20-9-2-3-11-21(20)24)25(30)29-23-13-5-4-12-22(23)26(31)28-17-19-8-7-15-27-16-19/h4-8,10,12-16,18H,2-3,9,11,17H2,1H3,(H,28,31)(H,29,30)/t18-/m1/s1. The minimum Gasteiger partial charge on any atom is -0.481 e. The van der Waals surface area contributed by atoms with Gasteiger partial charge >= 0.3 is 0 Å². The summed E-state index contributed by atoms with van der Waals surface area (Å²) in [5, 5.41) is 5.72. The summed E-state index contributed by atoms with van der Waals surface area (Å²) in [5.74, 6) is 0.203. The van der Waals surface area contributed by atoms with E-state index in [1.54, 1.807) is 43.6 Å². The summed E-state index contributed by atoms with van der Waals surface area (Å²) in [6, 6.07) is 16.7. The van der Waals surface area contributed by atoms with Crippen molar-refractivity contribution in [2.45, 2.75) is 45.3 Å². The lowest BCUT2D eigenvalue weighted by atomic mass is 9.91. The van der Waals surface area contributed by atoms with Gasteiger partial charge in [-0.05, 0) is 73.6 Å². The van der Waals surface area contributed by atoms with E-state index in [1.807, 2.05) is 24.3 Å². The quantitative estimate of drug-likeness (QED) is 0.587. The third-order valence-corrected chi connectivity index (χ3v) is 5.63. The third-order valence-electron chi connectivity index (χ3n) is 5.63. The van der Waals surface area contributed by atoms with E-state index in [-0.39, 0.29) is 11.8 Å². The zero-order valence-electron chi connectivity index (χ0n) is 18.1. The largest absolute Gasteiger partial charge is 0.481 e. The molecule has 2 amide bonds. The molecule has 0 radical (unpaired) electrons. The van der Waals surface area contributed by atoms with Gasteiger partial charge < -0.3 is 15.4 Å². The topological polar surface area (TPSA) is 80.3 Å². The Morgan fingerprint density at radius 3 is 2.72 bits per heavy atom. The van der Waals surface area contributed by atoms with Gasteiger partial charge in [0.25, 0.3) is 11.8 Å². The van der Waals surface area contributed by atoms with Gasteiger partial charge in [-0.15, -0.1) is 0 Å². The SMILES string of the molecule is C[C@@H](Oc1cccc2c1CCCC2)C(=O)Nc1ccccc1C(=O)NCc1cccnc1. The minimum atomic E-state index is -0.699. The molecule has 1 atom stereocenters. The van der Waals surface area contributed by atoms with E-state index in [0.717, 1.165) is 30.6 Å². The highest BCUT2D eigenvalue weighted by Gasteiger charge is 2.21. The number of amides is 2. The molecule has 3 aromatic rings. The van der Waals surface area contributed by atoms with Crippen LogP contribution in [0.5, 0.6) is 5.75 Å². The second-order valence-electron chi connectivity index (χ2n) is 7.94. The van der Waals surface area contributed by atoms with Crippen molar-refractivity contribution in [3.63, 3.8) is 0 Å². The van der Waals surface area contributed by atoms with Crippen LogP contribution in [0.4, 0.5) is 5.69 Å². The second-order valence-corrected chi connectivity index (χ2v) is 7.94. The summed E-state index contributed by atoms with van der Waals surface area (Å²) in [4.78, 5) is 29.6. The molecule has 0 aliphatic heterocycles. The van der Waals surface area contributed by atoms with Crippen LogP contribution >= 0.6 is 0 Å². The van der Waals surface area contributed by atoms with Gasteiger partial charge in [0.15, 0.2) is 6.10 Å². The predicted molar refractivity (Wildman–Crippen MR) is 124 cm³/mol. The summed E-state index contributed by atoms with van der Waals surface area (Å²) in [6.07, 6.45) is 7.03. The molecule has 1 aromatic heterocycles. The molecule has 1 aliphatic rings. The van der Waals surface area contributed by atoms with E-state index in [0.29, 0.717) is 17.8 Å². The van der Waals surface area contributed by atoms with E-state index >= 15 is 0 Å². The van der Waals surface area contributed by atoms with Crippen molar-refractivity contribution in [2.75, 3.05) is 5.32 Å². The van der Waals surface area contributed by atoms with Gasteiger partial charge in [0.2, 0.25) is 0 Å². The van der Waals surface area contributed by atoms with Crippen LogP contribution in [0, 0.1) is 0 Å². The highest BCUT2D eigenvalue weighted by molar-refractivity contribution is 6.04. The average Bonchev–Trinajstić information content (AvgIpc) is 2.83. The lowest BCUT2D eigenvalue weighted by Crippen LogP contribution is -2.32. The van der Waals surface area contributed by atoms with Crippen LogP contribution in [0.2, 0.25) is 0 Å². The van der Waals surface area contributed by atoms with Gasteiger partial charge in [-0.2, -0.15) is 0 Å². The van der Waals surface area contributed by atoms with Gasteiger partial charge in [-0.25, -0.2) is 0 Å². The molecule has 0 fully saturated rings. The van der Waals surface area contributed by atoms with Crippen molar-refractivity contribution in [3.05, 3.63) is 89.2 Å². The zero-order chi connectivity index (χ0) is 22.3. The maximum Gasteiger partial charge on any atom is 0.265 e. The minimum absolute atomic E-state index is 0.268. The molecule has 2 aromatic carbocycles. The van der Waals surface area contributed by atoms with Crippen molar-refractivity contribution in [2.24, 2.45) is 0 Å². The number of anilines is 1. The normalized spacial score (nSPS) is 13.5. The number of fused-ring (bicyclic) bond motifs is 1. The molecule has 1 heterocycles. The number of ether oxygens (including phenoxy) is 1. The van der Waals surface area contributed by atoms with Crippen LogP contribution in [0.1, 0.15) is 46.8 Å². The molecular weight excluding hydrogens is 402 g/mol. The Morgan fingerprint density at radius 2 is 1.88 bits per heavy atom. The Labute approximate surface area is 188 Å². The van der Waals surface area contributed by atoms with E-state index in [4.69, 9.17) is 4.74 Å². The average molecular weight is 430 g/mol. The number of nitrogens with zero attached hydrogens (tertiary/aromatic N) is 1. The van der Waals surface area contributed by atoms with Crippen LogP contribution < -0.4 is 15.4 Å². The smallest absolute Gasteiger partial charge is 0.265 e. The van der Waals surface area contributed by atoms with Gasteiger partial charge in [0.1, 0.15) is 5.75 Å². The van der Waals surface area contributed by atoms with Crippen LogP contribution in [-0.4, -0.2) is 22.9 Å². The number of benzene rings is 2. The zero-order valence-corrected chi connectivity index (χ0v) is 18.1. The second kappa shape index (κ2) is 10.1. The van der Waals surface area contributed by atoms with E-state index in [1.165, 1.54) is 17.5 Å². The molecule has 1 aliphatic carbocycles. The molecule has 0 spiro atoms. The van der Waals surface area contributed by atoms with Gasteiger partial charge in [-0.3, -0.25) is 14.6 Å². The van der Waals surface area contributed by atoms with Crippen LogP contribution in [0.25, 0.3) is 0 Å². The lowest BCUT2D eigenvalue weighted by Gasteiger charge is -2.22. The van der Waals surface area contributed by atoms with Crippen LogP contribution in [0.3, 0.4) is 0 Å². The number of carbonyl (C=O) groups is 2. The molecule has 0 bridgehead atoms. The Hall–Kier alpha value is -3.67. The first kappa shape index (κ1) is 21.6. The fourth-order valence-corrected chi connectivity index (χ4v) is 3.91. The Kier molecular flexibility index (Phi) is 6.80. The van der Waals surface area contributed by atoms with Gasteiger partial charge in [0.05, 0.1) is 11.3 Å². The molecule has 2 N–H and O–H groups in total. The molecule has 0 saturated heterocycles. The summed E-state index contributed by atoms with van der Waals surface area (Å²) < 4.78 is 6.03. The first-order valence-corrected chi connectivity index (χ1v) is 11.0. The lowest BCUT2D eigenvalue weighted by molar-refractivity contribution is -0.122. The van der Waals surface area contributed by atoms with Crippen molar-refractivity contribution in [3.8, 4) is 5.75 Å². The molecular formula is C26H27N3O3. The molecule has 6 nitrogen and oxygen atoms in total. The fourth-order valence-electron chi connectivity index (χ4n) is 3.91. The number of para-hydroxylation sites is 1. The number of nitrogens with one attached hydrogen (secondary N) is 2. The monoisotopic (exact) mass is 429 g/mol. The number of aryl methyl sites for hydroxylation is 1. The van der Waals surface area contributed by atoms with Crippen molar-refractivity contribution in [1.82, 2.24) is 10.3 Å². The number of hydrogen-bond donors (Lipinski definition) is 2. The maximum absolute atomic E-state index is 12.9. The Morgan fingerprint density at radius 1 is 1.03 bits per heavy atom. The van der Waals surface area contributed by atoms with Gasteiger partial charge in [0, 0.05) is 18.9 Å². The van der Waals surface area contributed by atoms with Crippen molar-refractivity contribution >= 4 is 17.5 Å². The summed E-state index contributed by atoms with van der Waals surface area (Å²) >= 11 is 0. The van der Waals surface area contributed by atoms with Crippen molar-refractivity contribution < 1.29 is 14.3 Å². The summed E-state index contributed by atoms with van der Waals surface area (Å²) in [7, 11) is 0. The fraction of sp³-hybridized carbons (Fsp3) is 0.269. The molecule has 6 heteroatoms. The van der Waals surface area contributed by atoms with Crippen molar-refractivity contribution in [1.29, 1.82) is 0 Å². The van der Waals surface area contributed by atoms with Crippen LogP contribution in [0.15, 0.2) is 67.0 Å². The Balaban J connectivity index is 1.42. The van der Waals surface area contributed by atoms with E-state index in [2.05, 4.69) is 21.7 Å². The molecule has 164 valence electrons.